The number of H-pyrrole nitrogens is 1. The number of hydrogen-bond acceptors (Lipinski definition) is 3. The van der Waals surface area contributed by atoms with Crippen LogP contribution in [0.4, 0.5) is 0 Å². The van der Waals surface area contributed by atoms with E-state index < -0.39 is 0 Å². The molecule has 0 spiro atoms. The maximum atomic E-state index is 13.0. The summed E-state index contributed by atoms with van der Waals surface area (Å²) in [5, 5.41) is 9.57. The van der Waals surface area contributed by atoms with Gasteiger partial charge < -0.3 is 9.88 Å². The molecule has 1 aliphatic heterocycles. The Morgan fingerprint density at radius 3 is 2.92 bits per heavy atom. The van der Waals surface area contributed by atoms with Gasteiger partial charge in [0, 0.05) is 29.9 Å². The Balaban J connectivity index is 1.36. The first kappa shape index (κ1) is 15.6. The molecule has 2 aliphatic rings. The molecule has 1 amide bonds. The molecule has 2 aromatic heterocycles. The van der Waals surface area contributed by atoms with Gasteiger partial charge in [-0.25, -0.2) is 4.68 Å². The van der Waals surface area contributed by atoms with Gasteiger partial charge in [-0.1, -0.05) is 23.4 Å². The minimum Gasteiger partial charge on any atom is -0.357 e. The molecule has 1 aliphatic carbocycles. The molecule has 1 saturated heterocycles. The van der Waals surface area contributed by atoms with Gasteiger partial charge in [-0.15, -0.1) is 5.10 Å². The van der Waals surface area contributed by atoms with Crippen LogP contribution in [0.2, 0.25) is 0 Å². The highest BCUT2D eigenvalue weighted by atomic mass is 16.2. The van der Waals surface area contributed by atoms with Gasteiger partial charge in [0.25, 0.3) is 0 Å². The van der Waals surface area contributed by atoms with Gasteiger partial charge in [0.1, 0.15) is 6.54 Å². The van der Waals surface area contributed by atoms with E-state index in [4.69, 9.17) is 0 Å². The van der Waals surface area contributed by atoms with E-state index >= 15 is 0 Å². The molecular formula is C20H23N5O. The van der Waals surface area contributed by atoms with Crippen molar-refractivity contribution in [1.29, 1.82) is 0 Å². The van der Waals surface area contributed by atoms with Gasteiger partial charge in [-0.05, 0) is 49.6 Å². The predicted octanol–water partition coefficient (Wildman–Crippen LogP) is 3.39. The topological polar surface area (TPSA) is 66.8 Å². The van der Waals surface area contributed by atoms with Crippen LogP contribution in [0.15, 0.2) is 36.5 Å². The molecule has 0 radical (unpaired) electrons. The molecule has 3 aromatic rings. The Labute approximate surface area is 152 Å². The van der Waals surface area contributed by atoms with Crippen LogP contribution in [0.1, 0.15) is 55.5 Å². The number of nitrogens with zero attached hydrogens (tertiary/aromatic N) is 4. The molecule has 0 unspecified atom stereocenters. The van der Waals surface area contributed by atoms with E-state index in [1.807, 2.05) is 23.2 Å². The molecule has 1 N–H and O–H groups in total. The number of nitrogens with one attached hydrogen (secondary N) is 1. The Morgan fingerprint density at radius 1 is 1.19 bits per heavy atom. The van der Waals surface area contributed by atoms with E-state index in [0.717, 1.165) is 42.7 Å². The van der Waals surface area contributed by atoms with E-state index in [9.17, 15) is 4.79 Å². The first-order valence-electron chi connectivity index (χ1n) is 9.55. The van der Waals surface area contributed by atoms with Crippen LogP contribution < -0.4 is 0 Å². The second-order valence-corrected chi connectivity index (χ2v) is 7.53. The van der Waals surface area contributed by atoms with Crippen molar-refractivity contribution >= 4 is 16.8 Å². The van der Waals surface area contributed by atoms with E-state index in [2.05, 4.69) is 33.5 Å². The zero-order valence-corrected chi connectivity index (χ0v) is 14.8. The Bertz CT molecular complexity index is 905. The zero-order valence-electron chi connectivity index (χ0n) is 14.8. The number of hydrogen-bond donors (Lipinski definition) is 1. The number of benzene rings is 1. The minimum absolute atomic E-state index is 0.120. The smallest absolute Gasteiger partial charge is 0.244 e. The molecule has 3 heterocycles. The summed E-state index contributed by atoms with van der Waals surface area (Å²) < 4.78 is 1.70. The molecule has 5 rings (SSSR count). The third-order valence-corrected chi connectivity index (χ3v) is 5.58. The van der Waals surface area contributed by atoms with E-state index in [0.29, 0.717) is 5.92 Å². The van der Waals surface area contributed by atoms with Crippen molar-refractivity contribution < 1.29 is 4.79 Å². The summed E-state index contributed by atoms with van der Waals surface area (Å²) in [4.78, 5) is 18.5. The fraction of sp³-hybridized carbons (Fsp3) is 0.450. The summed E-state index contributed by atoms with van der Waals surface area (Å²) in [6.07, 6.45) is 7.55. The predicted molar refractivity (Wildman–Crippen MR) is 98.6 cm³/mol. The van der Waals surface area contributed by atoms with Crippen molar-refractivity contribution in [3.8, 4) is 0 Å². The lowest BCUT2D eigenvalue weighted by molar-refractivity contribution is -0.136. The van der Waals surface area contributed by atoms with E-state index in [-0.39, 0.29) is 18.5 Å². The van der Waals surface area contributed by atoms with Crippen LogP contribution in [0, 0.1) is 0 Å². The number of rotatable bonds is 4. The number of likely N-dealkylation sites (tertiary alicyclic amines) is 1. The average molecular weight is 349 g/mol. The number of para-hydroxylation sites is 1. The molecule has 0 bridgehead atoms. The highest BCUT2D eigenvalue weighted by molar-refractivity contribution is 5.81. The monoisotopic (exact) mass is 349 g/mol. The molecule has 6 nitrogen and oxygen atoms in total. The molecule has 1 atom stereocenters. The summed E-state index contributed by atoms with van der Waals surface area (Å²) >= 11 is 0. The maximum absolute atomic E-state index is 13.0. The Kier molecular flexibility index (Phi) is 3.76. The number of fused-ring (bicyclic) bond motifs is 1. The van der Waals surface area contributed by atoms with E-state index in [1.165, 1.54) is 18.2 Å². The number of carbonyl (C=O) groups excluding carboxylic acids is 1. The highest BCUT2D eigenvalue weighted by Crippen LogP contribution is 2.38. The van der Waals surface area contributed by atoms with E-state index in [1.54, 1.807) is 4.68 Å². The van der Waals surface area contributed by atoms with Crippen molar-refractivity contribution in [3.05, 3.63) is 47.9 Å². The lowest BCUT2D eigenvalue weighted by atomic mass is 9.99. The second-order valence-electron chi connectivity index (χ2n) is 7.53. The summed E-state index contributed by atoms with van der Waals surface area (Å²) in [5.74, 6) is 0.688. The van der Waals surface area contributed by atoms with Gasteiger partial charge in [0.05, 0.1) is 11.7 Å². The van der Waals surface area contributed by atoms with Crippen LogP contribution in [-0.4, -0.2) is 37.3 Å². The third-order valence-electron chi connectivity index (χ3n) is 5.58. The Hall–Kier alpha value is -2.63. The fourth-order valence-electron chi connectivity index (χ4n) is 4.01. The normalized spacial score (nSPS) is 20.6. The average Bonchev–Trinajstić information content (AvgIpc) is 3.26. The third kappa shape index (κ3) is 2.89. The molecule has 134 valence electrons. The van der Waals surface area contributed by atoms with Crippen LogP contribution >= 0.6 is 0 Å². The van der Waals surface area contributed by atoms with Gasteiger partial charge in [0.2, 0.25) is 5.91 Å². The highest BCUT2D eigenvalue weighted by Gasteiger charge is 2.30. The van der Waals surface area contributed by atoms with Crippen molar-refractivity contribution in [3.63, 3.8) is 0 Å². The summed E-state index contributed by atoms with van der Waals surface area (Å²) in [6, 6.07) is 10.6. The van der Waals surface area contributed by atoms with Gasteiger partial charge in [0.15, 0.2) is 0 Å². The largest absolute Gasteiger partial charge is 0.357 e. The SMILES string of the molecule is O=C(Cn1cc(C2CC2)nn1)N1CCCC[C@@H]1c1cc2ccccc2[nH]1. The molecule has 1 aromatic carbocycles. The van der Waals surface area contributed by atoms with Crippen LogP contribution in [-0.2, 0) is 11.3 Å². The van der Waals surface area contributed by atoms with Crippen LogP contribution in [0.25, 0.3) is 10.9 Å². The summed E-state index contributed by atoms with van der Waals surface area (Å²) in [5.41, 5.74) is 3.30. The maximum Gasteiger partial charge on any atom is 0.244 e. The number of aromatic amines is 1. The summed E-state index contributed by atoms with van der Waals surface area (Å²) in [6.45, 7) is 1.08. The number of piperidine rings is 1. The van der Waals surface area contributed by atoms with Crippen molar-refractivity contribution in [2.45, 2.75) is 50.6 Å². The second kappa shape index (κ2) is 6.27. The van der Waals surface area contributed by atoms with Gasteiger partial charge in [-0.2, -0.15) is 0 Å². The number of carbonyl (C=O) groups is 1. The lowest BCUT2D eigenvalue weighted by Crippen LogP contribution is -2.40. The van der Waals surface area contributed by atoms with Gasteiger partial charge in [-0.3, -0.25) is 4.79 Å². The van der Waals surface area contributed by atoms with Gasteiger partial charge >= 0.3 is 0 Å². The Morgan fingerprint density at radius 2 is 2.08 bits per heavy atom. The van der Waals surface area contributed by atoms with Crippen LogP contribution in [0.3, 0.4) is 0 Å². The van der Waals surface area contributed by atoms with Crippen molar-refractivity contribution in [2.75, 3.05) is 6.54 Å². The molecule has 6 heteroatoms. The molecule has 1 saturated carbocycles. The molecule has 26 heavy (non-hydrogen) atoms. The molecular weight excluding hydrogens is 326 g/mol. The first-order chi connectivity index (χ1) is 12.8. The van der Waals surface area contributed by atoms with Crippen molar-refractivity contribution in [1.82, 2.24) is 24.9 Å². The zero-order chi connectivity index (χ0) is 17.5. The minimum atomic E-state index is 0.120. The standard InChI is InChI=1S/C20H23N5O/c26-20(13-24-12-18(22-23-24)14-8-9-14)25-10-4-3-7-19(25)17-11-15-5-1-2-6-16(15)21-17/h1-2,5-6,11-12,14,19,21H,3-4,7-10,13H2/t19-/m1/s1. The van der Waals surface area contributed by atoms with Crippen LogP contribution in [0.5, 0.6) is 0 Å². The lowest BCUT2D eigenvalue weighted by Gasteiger charge is -2.35. The van der Waals surface area contributed by atoms with Crippen molar-refractivity contribution in [2.24, 2.45) is 0 Å². The quantitative estimate of drug-likeness (QED) is 0.785. The number of aromatic nitrogens is 4. The fourth-order valence-corrected chi connectivity index (χ4v) is 4.01. The molecule has 2 fully saturated rings. The summed E-state index contributed by atoms with van der Waals surface area (Å²) in [7, 11) is 0. The number of amides is 1. The first-order valence-corrected chi connectivity index (χ1v) is 9.55.